The Morgan fingerprint density at radius 2 is 1.94 bits per heavy atom. The molecule has 0 saturated carbocycles. The van der Waals surface area contributed by atoms with Crippen LogP contribution in [-0.2, 0) is 16.0 Å². The Morgan fingerprint density at radius 3 is 2.56 bits per heavy atom. The minimum absolute atomic E-state index is 0.0345. The van der Waals surface area contributed by atoms with Gasteiger partial charge < -0.3 is 10.4 Å². The van der Waals surface area contributed by atoms with Crippen molar-refractivity contribution in [3.63, 3.8) is 0 Å². The monoisotopic (exact) mass is 249 g/mol. The second-order valence-electron chi connectivity index (χ2n) is 4.70. The zero-order valence-electron chi connectivity index (χ0n) is 10.8. The number of carboxylic acid groups (broad SMARTS) is 1. The number of amides is 1. The standard InChI is InChI=1S/C14H19NO3/c1-10(2)9-13(16)15-12-6-4-3-5-11(12)7-8-14(17)18/h3-6,10H,7-9H2,1-2H3,(H,15,16)(H,17,18). The van der Waals surface area contributed by atoms with Crippen LogP contribution >= 0.6 is 0 Å². The third-order valence-electron chi connectivity index (χ3n) is 2.49. The SMILES string of the molecule is CC(C)CC(=O)Nc1ccccc1CCC(=O)O. The number of nitrogens with one attached hydrogen (secondary N) is 1. The second-order valence-corrected chi connectivity index (χ2v) is 4.70. The molecule has 0 unspecified atom stereocenters. The van der Waals surface area contributed by atoms with Crippen LogP contribution < -0.4 is 5.32 Å². The van der Waals surface area contributed by atoms with Crippen molar-refractivity contribution in [1.29, 1.82) is 0 Å². The molecule has 0 saturated heterocycles. The fourth-order valence-corrected chi connectivity index (χ4v) is 1.67. The summed E-state index contributed by atoms with van der Waals surface area (Å²) in [6, 6.07) is 7.31. The molecule has 4 heteroatoms. The molecule has 0 aliphatic rings. The Labute approximate surface area is 107 Å². The van der Waals surface area contributed by atoms with Crippen molar-refractivity contribution in [2.24, 2.45) is 5.92 Å². The van der Waals surface area contributed by atoms with Crippen molar-refractivity contribution in [3.8, 4) is 0 Å². The molecule has 98 valence electrons. The molecule has 2 N–H and O–H groups in total. The summed E-state index contributed by atoms with van der Waals surface area (Å²) in [7, 11) is 0. The third-order valence-corrected chi connectivity index (χ3v) is 2.49. The first kappa shape index (κ1) is 14.2. The summed E-state index contributed by atoms with van der Waals surface area (Å²) < 4.78 is 0. The van der Waals surface area contributed by atoms with Gasteiger partial charge in [0.25, 0.3) is 0 Å². The lowest BCUT2D eigenvalue weighted by Gasteiger charge is -2.11. The zero-order valence-corrected chi connectivity index (χ0v) is 10.8. The Balaban J connectivity index is 2.69. The molecule has 0 aliphatic carbocycles. The molecule has 1 amide bonds. The van der Waals surface area contributed by atoms with Crippen LogP contribution in [0.25, 0.3) is 0 Å². The van der Waals surface area contributed by atoms with E-state index in [-0.39, 0.29) is 12.3 Å². The van der Waals surface area contributed by atoms with Crippen LogP contribution in [0, 0.1) is 5.92 Å². The summed E-state index contributed by atoms with van der Waals surface area (Å²) in [6.07, 6.45) is 0.956. The highest BCUT2D eigenvalue weighted by Gasteiger charge is 2.09. The van der Waals surface area contributed by atoms with E-state index in [1.807, 2.05) is 32.0 Å². The maximum atomic E-state index is 11.7. The summed E-state index contributed by atoms with van der Waals surface area (Å²) in [5.74, 6) is -0.567. The van der Waals surface area contributed by atoms with Gasteiger partial charge in [0.15, 0.2) is 0 Å². The predicted octanol–water partition coefficient (Wildman–Crippen LogP) is 2.69. The number of para-hydroxylation sites is 1. The van der Waals surface area contributed by atoms with Gasteiger partial charge in [0.1, 0.15) is 0 Å². The molecule has 0 heterocycles. The third kappa shape index (κ3) is 4.99. The highest BCUT2D eigenvalue weighted by atomic mass is 16.4. The van der Waals surface area contributed by atoms with Gasteiger partial charge in [-0.25, -0.2) is 0 Å². The molecule has 0 bridgehead atoms. The van der Waals surface area contributed by atoms with Gasteiger partial charge in [0.05, 0.1) is 0 Å². The van der Waals surface area contributed by atoms with E-state index in [0.29, 0.717) is 24.4 Å². The number of anilines is 1. The zero-order chi connectivity index (χ0) is 13.5. The predicted molar refractivity (Wildman–Crippen MR) is 70.5 cm³/mol. The molecule has 0 atom stereocenters. The first-order valence-electron chi connectivity index (χ1n) is 6.08. The van der Waals surface area contributed by atoms with Gasteiger partial charge in [0.2, 0.25) is 5.91 Å². The van der Waals surface area contributed by atoms with Crippen LogP contribution in [0.2, 0.25) is 0 Å². The Hall–Kier alpha value is -1.84. The second kappa shape index (κ2) is 6.79. The van der Waals surface area contributed by atoms with Gasteiger partial charge in [-0.1, -0.05) is 32.0 Å². The van der Waals surface area contributed by atoms with E-state index in [9.17, 15) is 9.59 Å². The lowest BCUT2D eigenvalue weighted by atomic mass is 10.1. The van der Waals surface area contributed by atoms with Crippen LogP contribution in [0.15, 0.2) is 24.3 Å². The van der Waals surface area contributed by atoms with E-state index >= 15 is 0 Å². The number of hydrogen-bond acceptors (Lipinski definition) is 2. The van der Waals surface area contributed by atoms with Gasteiger partial charge in [0, 0.05) is 18.5 Å². The number of aryl methyl sites for hydroxylation is 1. The molecule has 1 aromatic rings. The van der Waals surface area contributed by atoms with Crippen LogP contribution in [0.4, 0.5) is 5.69 Å². The van der Waals surface area contributed by atoms with Crippen LogP contribution in [0.1, 0.15) is 32.3 Å². The first-order valence-corrected chi connectivity index (χ1v) is 6.08. The van der Waals surface area contributed by atoms with Crippen molar-refractivity contribution in [1.82, 2.24) is 0 Å². The molecule has 1 rings (SSSR count). The fraction of sp³-hybridized carbons (Fsp3) is 0.429. The molecule has 0 radical (unpaired) electrons. The van der Waals surface area contributed by atoms with Gasteiger partial charge in [-0.15, -0.1) is 0 Å². The topological polar surface area (TPSA) is 66.4 Å². The molecule has 0 spiro atoms. The first-order chi connectivity index (χ1) is 8.49. The summed E-state index contributed by atoms with van der Waals surface area (Å²) in [4.78, 5) is 22.3. The largest absolute Gasteiger partial charge is 0.481 e. The van der Waals surface area contributed by atoms with Gasteiger partial charge in [-0.05, 0) is 24.0 Å². The van der Waals surface area contributed by atoms with E-state index in [4.69, 9.17) is 5.11 Å². The summed E-state index contributed by atoms with van der Waals surface area (Å²) in [5, 5.41) is 11.5. The molecule has 4 nitrogen and oxygen atoms in total. The van der Waals surface area contributed by atoms with E-state index in [2.05, 4.69) is 5.32 Å². The average molecular weight is 249 g/mol. The number of aliphatic carboxylic acids is 1. The highest BCUT2D eigenvalue weighted by molar-refractivity contribution is 5.91. The van der Waals surface area contributed by atoms with Crippen molar-refractivity contribution >= 4 is 17.6 Å². The summed E-state index contributed by atoms with van der Waals surface area (Å²) in [5.41, 5.74) is 1.57. The minimum Gasteiger partial charge on any atom is -0.481 e. The van der Waals surface area contributed by atoms with E-state index in [1.54, 1.807) is 6.07 Å². The highest BCUT2D eigenvalue weighted by Crippen LogP contribution is 2.17. The number of carbonyl (C=O) groups is 2. The Kier molecular flexibility index (Phi) is 5.36. The van der Waals surface area contributed by atoms with Crippen LogP contribution in [-0.4, -0.2) is 17.0 Å². The lowest BCUT2D eigenvalue weighted by molar-refractivity contribution is -0.136. The van der Waals surface area contributed by atoms with Crippen LogP contribution in [0.5, 0.6) is 0 Å². The number of benzene rings is 1. The number of carbonyl (C=O) groups excluding carboxylic acids is 1. The van der Waals surface area contributed by atoms with E-state index in [0.717, 1.165) is 5.56 Å². The van der Waals surface area contributed by atoms with E-state index in [1.165, 1.54) is 0 Å². The van der Waals surface area contributed by atoms with Crippen molar-refractivity contribution in [2.45, 2.75) is 33.1 Å². The molecule has 0 aromatic heterocycles. The smallest absolute Gasteiger partial charge is 0.303 e. The summed E-state index contributed by atoms with van der Waals surface area (Å²) >= 11 is 0. The maximum absolute atomic E-state index is 11.7. The van der Waals surface area contributed by atoms with Crippen LogP contribution in [0.3, 0.4) is 0 Å². The normalized spacial score (nSPS) is 10.4. The molecule has 0 aliphatic heterocycles. The van der Waals surface area contributed by atoms with Gasteiger partial charge in [-0.2, -0.15) is 0 Å². The van der Waals surface area contributed by atoms with Crippen molar-refractivity contribution in [2.75, 3.05) is 5.32 Å². The molecule has 0 fully saturated rings. The lowest BCUT2D eigenvalue weighted by Crippen LogP contribution is -2.15. The molecular weight excluding hydrogens is 230 g/mol. The van der Waals surface area contributed by atoms with Gasteiger partial charge >= 0.3 is 5.97 Å². The molecule has 18 heavy (non-hydrogen) atoms. The van der Waals surface area contributed by atoms with Crippen molar-refractivity contribution in [3.05, 3.63) is 29.8 Å². The Morgan fingerprint density at radius 1 is 1.28 bits per heavy atom. The minimum atomic E-state index is -0.835. The molecule has 1 aromatic carbocycles. The van der Waals surface area contributed by atoms with Gasteiger partial charge in [-0.3, -0.25) is 9.59 Å². The number of hydrogen-bond donors (Lipinski definition) is 2. The van der Waals surface area contributed by atoms with Crippen molar-refractivity contribution < 1.29 is 14.7 Å². The summed E-state index contributed by atoms with van der Waals surface area (Å²) in [6.45, 7) is 3.96. The molecular formula is C14H19NO3. The quantitative estimate of drug-likeness (QED) is 0.814. The Bertz CT molecular complexity index is 427. The van der Waals surface area contributed by atoms with E-state index < -0.39 is 5.97 Å². The number of rotatable bonds is 6. The number of carboxylic acids is 1. The fourth-order valence-electron chi connectivity index (χ4n) is 1.67. The maximum Gasteiger partial charge on any atom is 0.303 e. The average Bonchev–Trinajstić information content (AvgIpc) is 2.26.